The second-order valence-electron chi connectivity index (χ2n) is 4.67. The van der Waals surface area contributed by atoms with Crippen LogP contribution in [0.5, 0.6) is 0 Å². The van der Waals surface area contributed by atoms with Gasteiger partial charge < -0.3 is 5.32 Å². The van der Waals surface area contributed by atoms with E-state index in [0.29, 0.717) is 11.3 Å². The number of nitrogens with one attached hydrogen (secondary N) is 1. The Labute approximate surface area is 116 Å². The van der Waals surface area contributed by atoms with Crippen LogP contribution in [-0.4, -0.2) is 4.92 Å². The summed E-state index contributed by atoms with van der Waals surface area (Å²) >= 11 is 0. The summed E-state index contributed by atoms with van der Waals surface area (Å²) in [6.45, 7) is 3.57. The molecule has 0 amide bonds. The lowest BCUT2D eigenvalue weighted by Gasteiger charge is -2.16. The van der Waals surface area contributed by atoms with Crippen LogP contribution in [0.4, 0.5) is 15.8 Å². The summed E-state index contributed by atoms with van der Waals surface area (Å²) < 4.78 is 13.8. The van der Waals surface area contributed by atoms with Crippen molar-refractivity contribution in [1.29, 1.82) is 0 Å². The van der Waals surface area contributed by atoms with Gasteiger partial charge in [-0.25, -0.2) is 4.39 Å². The zero-order chi connectivity index (χ0) is 14.7. The Balaban J connectivity index is 2.28. The van der Waals surface area contributed by atoms with Crippen LogP contribution in [-0.2, 0) is 0 Å². The van der Waals surface area contributed by atoms with E-state index in [4.69, 9.17) is 0 Å². The van der Waals surface area contributed by atoms with Gasteiger partial charge in [-0.2, -0.15) is 0 Å². The lowest BCUT2D eigenvalue weighted by Crippen LogP contribution is -2.10. The lowest BCUT2D eigenvalue weighted by atomic mass is 10.1. The summed E-state index contributed by atoms with van der Waals surface area (Å²) in [7, 11) is 0. The van der Waals surface area contributed by atoms with Crippen LogP contribution >= 0.6 is 0 Å². The van der Waals surface area contributed by atoms with Gasteiger partial charge in [-0.3, -0.25) is 10.1 Å². The molecule has 2 rings (SSSR count). The van der Waals surface area contributed by atoms with Crippen molar-refractivity contribution in [2.75, 3.05) is 5.32 Å². The summed E-state index contributed by atoms with van der Waals surface area (Å²) in [5.41, 5.74) is 1.71. The fourth-order valence-corrected chi connectivity index (χ4v) is 2.07. The largest absolute Gasteiger partial charge is 0.376 e. The van der Waals surface area contributed by atoms with Gasteiger partial charge >= 0.3 is 0 Å². The van der Waals surface area contributed by atoms with Crippen molar-refractivity contribution in [2.24, 2.45) is 0 Å². The molecule has 0 saturated carbocycles. The third-order valence-corrected chi connectivity index (χ3v) is 3.10. The van der Waals surface area contributed by atoms with Crippen molar-refractivity contribution in [1.82, 2.24) is 0 Å². The molecule has 0 aromatic heterocycles. The fourth-order valence-electron chi connectivity index (χ4n) is 2.07. The Morgan fingerprint density at radius 3 is 2.60 bits per heavy atom. The van der Waals surface area contributed by atoms with Crippen molar-refractivity contribution in [2.45, 2.75) is 19.9 Å². The maximum Gasteiger partial charge on any atom is 0.274 e. The number of rotatable bonds is 4. The summed E-state index contributed by atoms with van der Waals surface area (Å²) in [6.07, 6.45) is 0. The minimum Gasteiger partial charge on any atom is -0.376 e. The molecule has 0 aliphatic rings. The van der Waals surface area contributed by atoms with Crippen LogP contribution in [0.2, 0.25) is 0 Å². The molecular weight excluding hydrogens is 259 g/mol. The maximum atomic E-state index is 13.8. The molecule has 0 aliphatic heterocycles. The van der Waals surface area contributed by atoms with Crippen LogP contribution in [0.1, 0.15) is 24.1 Å². The van der Waals surface area contributed by atoms with Crippen LogP contribution in [0.15, 0.2) is 42.5 Å². The molecule has 1 atom stereocenters. The van der Waals surface area contributed by atoms with Crippen LogP contribution in [0, 0.1) is 22.9 Å². The van der Waals surface area contributed by atoms with Gasteiger partial charge in [0.2, 0.25) is 0 Å². The SMILES string of the molecule is Cc1ccc(NC(C)c2ccccc2[N+](=O)[O-])c(F)c1. The standard InChI is InChI=1S/C15H15FN2O2/c1-10-7-8-14(13(16)9-10)17-11(2)12-5-3-4-6-15(12)18(19)20/h3-9,11,17H,1-2H3. The Morgan fingerprint density at radius 2 is 1.95 bits per heavy atom. The van der Waals surface area contributed by atoms with Gasteiger partial charge in [-0.05, 0) is 31.5 Å². The summed E-state index contributed by atoms with van der Waals surface area (Å²) in [5, 5.41) is 14.0. The summed E-state index contributed by atoms with van der Waals surface area (Å²) in [6, 6.07) is 10.9. The minimum atomic E-state index is -0.432. The molecule has 20 heavy (non-hydrogen) atoms. The molecule has 2 aromatic rings. The van der Waals surface area contributed by atoms with Gasteiger partial charge in [0.1, 0.15) is 5.82 Å². The first-order valence-electron chi connectivity index (χ1n) is 6.25. The monoisotopic (exact) mass is 274 g/mol. The molecule has 4 nitrogen and oxygen atoms in total. The number of nitrogens with zero attached hydrogens (tertiary/aromatic N) is 1. The van der Waals surface area contributed by atoms with E-state index in [1.807, 2.05) is 0 Å². The topological polar surface area (TPSA) is 55.2 Å². The lowest BCUT2D eigenvalue weighted by molar-refractivity contribution is -0.385. The molecule has 0 fully saturated rings. The number of nitro benzene ring substituents is 1. The van der Waals surface area contributed by atoms with Crippen molar-refractivity contribution in [3.8, 4) is 0 Å². The highest BCUT2D eigenvalue weighted by Crippen LogP contribution is 2.28. The van der Waals surface area contributed by atoms with Crippen molar-refractivity contribution in [3.63, 3.8) is 0 Å². The predicted molar refractivity (Wildman–Crippen MR) is 76.3 cm³/mol. The number of anilines is 1. The van der Waals surface area contributed by atoms with Crippen molar-refractivity contribution < 1.29 is 9.31 Å². The average molecular weight is 274 g/mol. The number of nitro groups is 1. The molecule has 0 aliphatic carbocycles. The molecule has 0 bridgehead atoms. The van der Waals surface area contributed by atoms with Crippen LogP contribution in [0.25, 0.3) is 0 Å². The number of halogens is 1. The van der Waals surface area contributed by atoms with E-state index >= 15 is 0 Å². The number of hydrogen-bond donors (Lipinski definition) is 1. The van der Waals surface area contributed by atoms with E-state index in [2.05, 4.69) is 5.32 Å². The Morgan fingerprint density at radius 1 is 1.25 bits per heavy atom. The van der Waals surface area contributed by atoms with E-state index in [1.165, 1.54) is 12.1 Å². The van der Waals surface area contributed by atoms with Gasteiger partial charge in [-0.1, -0.05) is 24.3 Å². The minimum absolute atomic E-state index is 0.0278. The second kappa shape index (κ2) is 5.69. The third-order valence-electron chi connectivity index (χ3n) is 3.10. The average Bonchev–Trinajstić information content (AvgIpc) is 2.41. The Kier molecular flexibility index (Phi) is 3.98. The maximum absolute atomic E-state index is 13.8. The van der Waals surface area contributed by atoms with Crippen molar-refractivity contribution in [3.05, 3.63) is 69.5 Å². The smallest absolute Gasteiger partial charge is 0.274 e. The molecule has 1 N–H and O–H groups in total. The first-order valence-corrected chi connectivity index (χ1v) is 6.25. The highest BCUT2D eigenvalue weighted by molar-refractivity contribution is 5.51. The first kappa shape index (κ1) is 14.0. The normalized spacial score (nSPS) is 11.9. The zero-order valence-electron chi connectivity index (χ0n) is 11.3. The number of benzene rings is 2. The number of aryl methyl sites for hydroxylation is 1. The first-order chi connectivity index (χ1) is 9.49. The Bertz CT molecular complexity index is 644. The predicted octanol–water partition coefficient (Wildman–Crippen LogP) is 4.22. The second-order valence-corrected chi connectivity index (χ2v) is 4.67. The van der Waals surface area contributed by atoms with Gasteiger partial charge in [0.15, 0.2) is 0 Å². The van der Waals surface area contributed by atoms with Gasteiger partial charge in [0.25, 0.3) is 5.69 Å². The van der Waals surface area contributed by atoms with E-state index in [1.54, 1.807) is 44.2 Å². The number of para-hydroxylation sites is 1. The van der Waals surface area contributed by atoms with Gasteiger partial charge in [0.05, 0.1) is 22.2 Å². The zero-order valence-corrected chi connectivity index (χ0v) is 11.3. The molecule has 0 radical (unpaired) electrons. The molecular formula is C15H15FN2O2. The third kappa shape index (κ3) is 2.93. The Hall–Kier alpha value is -2.43. The molecule has 1 unspecified atom stereocenters. The van der Waals surface area contributed by atoms with E-state index in [-0.39, 0.29) is 17.5 Å². The fraction of sp³-hybridized carbons (Fsp3) is 0.200. The van der Waals surface area contributed by atoms with E-state index < -0.39 is 4.92 Å². The molecule has 2 aromatic carbocycles. The summed E-state index contributed by atoms with van der Waals surface area (Å²) in [4.78, 5) is 10.6. The molecule has 104 valence electrons. The van der Waals surface area contributed by atoms with Crippen molar-refractivity contribution >= 4 is 11.4 Å². The molecule has 0 spiro atoms. The number of hydrogen-bond acceptors (Lipinski definition) is 3. The van der Waals surface area contributed by atoms with Gasteiger partial charge in [-0.15, -0.1) is 0 Å². The highest BCUT2D eigenvalue weighted by atomic mass is 19.1. The quantitative estimate of drug-likeness (QED) is 0.671. The molecule has 5 heteroatoms. The van der Waals surface area contributed by atoms with Crippen LogP contribution in [0.3, 0.4) is 0 Å². The van der Waals surface area contributed by atoms with E-state index in [0.717, 1.165) is 5.56 Å². The highest BCUT2D eigenvalue weighted by Gasteiger charge is 2.18. The van der Waals surface area contributed by atoms with Gasteiger partial charge in [0, 0.05) is 6.07 Å². The molecule has 0 heterocycles. The summed E-state index contributed by atoms with van der Waals surface area (Å²) in [5.74, 6) is -0.365. The van der Waals surface area contributed by atoms with Crippen LogP contribution < -0.4 is 5.32 Å². The molecule has 0 saturated heterocycles. The van der Waals surface area contributed by atoms with E-state index in [9.17, 15) is 14.5 Å².